The van der Waals surface area contributed by atoms with Gasteiger partial charge in [0.05, 0.1) is 13.7 Å². The zero-order chi connectivity index (χ0) is 14.9. The summed E-state index contributed by atoms with van der Waals surface area (Å²) in [5, 5.41) is 0. The number of nitrogens with zero attached hydrogens (tertiary/aromatic N) is 1. The van der Waals surface area contributed by atoms with Crippen LogP contribution in [0.25, 0.3) is 0 Å². The van der Waals surface area contributed by atoms with Gasteiger partial charge in [-0.15, -0.1) is 12.4 Å². The van der Waals surface area contributed by atoms with Gasteiger partial charge in [-0.3, -0.25) is 4.90 Å². The molecule has 1 aromatic rings. The Bertz CT molecular complexity index is 499. The minimum absolute atomic E-state index is 0. The molecular formula is C15H25ClN2O3. The van der Waals surface area contributed by atoms with Crippen molar-refractivity contribution in [2.75, 3.05) is 20.2 Å². The predicted molar refractivity (Wildman–Crippen MR) is 83.7 cm³/mol. The summed E-state index contributed by atoms with van der Waals surface area (Å²) in [7, 11) is 1.38. The highest BCUT2D eigenvalue weighted by atomic mass is 35.5. The van der Waals surface area contributed by atoms with E-state index in [1.807, 2.05) is 0 Å². The minimum atomic E-state index is -0.349. The topological polar surface area (TPSA) is 68.7 Å². The van der Waals surface area contributed by atoms with Gasteiger partial charge in [0.25, 0.3) is 0 Å². The summed E-state index contributed by atoms with van der Waals surface area (Å²) in [6.07, 6.45) is 0.983. The second-order valence-electron chi connectivity index (χ2n) is 6.27. The average molecular weight is 317 g/mol. The Morgan fingerprint density at radius 3 is 2.81 bits per heavy atom. The van der Waals surface area contributed by atoms with Gasteiger partial charge >= 0.3 is 5.97 Å². The zero-order valence-electron chi connectivity index (χ0n) is 13.1. The van der Waals surface area contributed by atoms with Crippen LogP contribution in [0, 0.1) is 12.3 Å². The molecule has 1 aliphatic rings. The number of hydrogen-bond donors (Lipinski definition) is 1. The summed E-state index contributed by atoms with van der Waals surface area (Å²) < 4.78 is 10.4. The Balaban J connectivity index is 0.00000220. The standard InChI is InChI=1S/C15H24N2O3.ClH/c1-10-12(14(18)19-4)7-11(20-10)8-17-6-5-13(16)15(2,3)9-17;/h7,13H,5-6,8-9,16H2,1-4H3;1H. The average Bonchev–Trinajstić information content (AvgIpc) is 2.73. The van der Waals surface area contributed by atoms with E-state index < -0.39 is 0 Å². The molecule has 21 heavy (non-hydrogen) atoms. The SMILES string of the molecule is COC(=O)c1cc(CN2CCC(N)C(C)(C)C2)oc1C.Cl. The number of nitrogens with two attached hydrogens (primary N) is 1. The zero-order valence-corrected chi connectivity index (χ0v) is 14.0. The molecule has 1 fully saturated rings. The summed E-state index contributed by atoms with van der Waals surface area (Å²) in [5.41, 5.74) is 6.75. The summed E-state index contributed by atoms with van der Waals surface area (Å²) in [6.45, 7) is 8.76. The molecule has 1 aliphatic heterocycles. The van der Waals surface area contributed by atoms with Crippen molar-refractivity contribution < 1.29 is 13.9 Å². The number of hydrogen-bond acceptors (Lipinski definition) is 5. The van der Waals surface area contributed by atoms with Crippen molar-refractivity contribution in [1.82, 2.24) is 4.90 Å². The first-order valence-corrected chi connectivity index (χ1v) is 6.99. The van der Waals surface area contributed by atoms with Gasteiger partial charge in [-0.05, 0) is 24.8 Å². The fourth-order valence-corrected chi connectivity index (χ4v) is 2.77. The van der Waals surface area contributed by atoms with Crippen molar-refractivity contribution >= 4 is 18.4 Å². The molecule has 0 spiro atoms. The lowest BCUT2D eigenvalue weighted by Crippen LogP contribution is -2.51. The molecular weight excluding hydrogens is 292 g/mol. The lowest BCUT2D eigenvalue weighted by molar-refractivity contribution is 0.0599. The smallest absolute Gasteiger partial charge is 0.341 e. The molecule has 1 aromatic heterocycles. The molecule has 0 amide bonds. The maximum absolute atomic E-state index is 11.6. The van der Waals surface area contributed by atoms with E-state index in [0.717, 1.165) is 25.3 Å². The number of rotatable bonds is 3. The molecule has 1 atom stereocenters. The van der Waals surface area contributed by atoms with Crippen LogP contribution in [-0.4, -0.2) is 37.1 Å². The van der Waals surface area contributed by atoms with E-state index in [2.05, 4.69) is 18.7 Å². The van der Waals surface area contributed by atoms with Crippen LogP contribution in [0.1, 0.15) is 42.1 Å². The molecule has 1 saturated heterocycles. The molecule has 0 aliphatic carbocycles. The second kappa shape index (κ2) is 6.81. The van der Waals surface area contributed by atoms with Crippen LogP contribution in [0.4, 0.5) is 0 Å². The van der Waals surface area contributed by atoms with Gasteiger partial charge in [0.1, 0.15) is 17.1 Å². The molecule has 2 heterocycles. The summed E-state index contributed by atoms with van der Waals surface area (Å²) in [6, 6.07) is 2.02. The number of aryl methyl sites for hydroxylation is 1. The maximum Gasteiger partial charge on any atom is 0.341 e. The third-order valence-electron chi connectivity index (χ3n) is 4.14. The van der Waals surface area contributed by atoms with E-state index in [1.165, 1.54) is 7.11 Å². The highest BCUT2D eigenvalue weighted by molar-refractivity contribution is 5.90. The maximum atomic E-state index is 11.6. The number of halogens is 1. The van der Waals surface area contributed by atoms with E-state index in [9.17, 15) is 4.79 Å². The van der Waals surface area contributed by atoms with E-state index in [1.54, 1.807) is 13.0 Å². The summed E-state index contributed by atoms with van der Waals surface area (Å²) in [4.78, 5) is 13.9. The van der Waals surface area contributed by atoms with Crippen LogP contribution in [-0.2, 0) is 11.3 Å². The van der Waals surface area contributed by atoms with Crippen molar-refractivity contribution in [2.24, 2.45) is 11.1 Å². The summed E-state index contributed by atoms with van der Waals surface area (Å²) >= 11 is 0. The number of furan rings is 1. The molecule has 120 valence electrons. The highest BCUT2D eigenvalue weighted by Gasteiger charge is 2.33. The number of ether oxygens (including phenoxy) is 1. The van der Waals surface area contributed by atoms with E-state index in [4.69, 9.17) is 14.9 Å². The fraction of sp³-hybridized carbons (Fsp3) is 0.667. The molecule has 2 rings (SSSR count). The quantitative estimate of drug-likeness (QED) is 0.867. The summed E-state index contributed by atoms with van der Waals surface area (Å²) in [5.74, 6) is 1.06. The lowest BCUT2D eigenvalue weighted by atomic mass is 9.80. The Morgan fingerprint density at radius 2 is 2.24 bits per heavy atom. The molecule has 0 aromatic carbocycles. The third kappa shape index (κ3) is 3.99. The monoisotopic (exact) mass is 316 g/mol. The first-order valence-electron chi connectivity index (χ1n) is 6.99. The van der Waals surface area contributed by atoms with Crippen molar-refractivity contribution in [3.8, 4) is 0 Å². The van der Waals surface area contributed by atoms with Gasteiger partial charge in [-0.25, -0.2) is 4.79 Å². The number of carbonyl (C=O) groups excluding carboxylic acids is 1. The van der Waals surface area contributed by atoms with Crippen LogP contribution in [0.3, 0.4) is 0 Å². The highest BCUT2D eigenvalue weighted by Crippen LogP contribution is 2.29. The molecule has 2 N–H and O–H groups in total. The Labute approximate surface area is 132 Å². The number of carbonyl (C=O) groups is 1. The van der Waals surface area contributed by atoms with Crippen LogP contribution in [0.2, 0.25) is 0 Å². The normalized spacial score (nSPS) is 21.7. The van der Waals surface area contributed by atoms with Gasteiger partial charge < -0.3 is 14.9 Å². The number of methoxy groups -OCH3 is 1. The lowest BCUT2D eigenvalue weighted by Gasteiger charge is -2.42. The van der Waals surface area contributed by atoms with Crippen LogP contribution >= 0.6 is 12.4 Å². The van der Waals surface area contributed by atoms with Crippen LogP contribution in [0.15, 0.2) is 10.5 Å². The second-order valence-corrected chi connectivity index (χ2v) is 6.27. The van der Waals surface area contributed by atoms with Crippen molar-refractivity contribution in [2.45, 2.75) is 39.8 Å². The molecule has 0 radical (unpaired) electrons. The molecule has 6 heteroatoms. The first-order chi connectivity index (χ1) is 9.33. The van der Waals surface area contributed by atoms with Crippen molar-refractivity contribution in [1.29, 1.82) is 0 Å². The molecule has 1 unspecified atom stereocenters. The minimum Gasteiger partial charge on any atom is -0.465 e. The first kappa shape index (κ1) is 18.0. The van der Waals surface area contributed by atoms with Gasteiger partial charge in [0.15, 0.2) is 0 Å². The van der Waals surface area contributed by atoms with Crippen LogP contribution in [0.5, 0.6) is 0 Å². The van der Waals surface area contributed by atoms with E-state index in [-0.39, 0.29) is 29.8 Å². The van der Waals surface area contributed by atoms with Crippen molar-refractivity contribution in [3.05, 3.63) is 23.2 Å². The number of esters is 1. The van der Waals surface area contributed by atoms with Gasteiger partial charge in [0, 0.05) is 19.1 Å². The van der Waals surface area contributed by atoms with E-state index in [0.29, 0.717) is 17.9 Å². The Hall–Kier alpha value is -1.04. The van der Waals surface area contributed by atoms with Crippen molar-refractivity contribution in [3.63, 3.8) is 0 Å². The van der Waals surface area contributed by atoms with E-state index >= 15 is 0 Å². The predicted octanol–water partition coefficient (Wildman–Crippen LogP) is 2.36. The molecule has 0 saturated carbocycles. The number of likely N-dealkylation sites (tertiary alicyclic amines) is 1. The Morgan fingerprint density at radius 1 is 1.57 bits per heavy atom. The molecule has 0 bridgehead atoms. The Kier molecular flexibility index (Phi) is 5.84. The van der Waals surface area contributed by atoms with Gasteiger partial charge in [-0.1, -0.05) is 13.8 Å². The van der Waals surface area contributed by atoms with Crippen LogP contribution < -0.4 is 5.73 Å². The fourth-order valence-electron chi connectivity index (χ4n) is 2.77. The molecule has 5 nitrogen and oxygen atoms in total. The van der Waals surface area contributed by atoms with Gasteiger partial charge in [0.2, 0.25) is 0 Å². The largest absolute Gasteiger partial charge is 0.465 e. The number of piperidine rings is 1. The van der Waals surface area contributed by atoms with Gasteiger partial charge in [-0.2, -0.15) is 0 Å². The third-order valence-corrected chi connectivity index (χ3v) is 4.14.